The molecule has 1 N–H and O–H groups in total. The molecule has 1 fully saturated rings. The van der Waals surface area contributed by atoms with Crippen LogP contribution in [0.2, 0.25) is 0 Å². The van der Waals surface area contributed by atoms with E-state index in [4.69, 9.17) is 0 Å². The number of hydrogen-bond acceptors (Lipinski definition) is 2. The van der Waals surface area contributed by atoms with E-state index in [0.717, 1.165) is 18.2 Å². The Balaban J connectivity index is 1.70. The molecule has 0 spiro atoms. The van der Waals surface area contributed by atoms with Crippen molar-refractivity contribution in [3.8, 4) is 5.75 Å². The third kappa shape index (κ3) is 5.06. The van der Waals surface area contributed by atoms with E-state index in [1.54, 1.807) is 6.92 Å². The van der Waals surface area contributed by atoms with E-state index in [0.29, 0.717) is 12.8 Å². The number of carbonyl (C=O) groups excluding carboxylic acids is 1. The zero-order chi connectivity index (χ0) is 22.1. The maximum Gasteiger partial charge on any atom is 0.422 e. The summed E-state index contributed by atoms with van der Waals surface area (Å²) in [5.41, 5.74) is -0.832. The summed E-state index contributed by atoms with van der Waals surface area (Å²) in [7, 11) is 0. The molecule has 0 bridgehead atoms. The molecule has 0 unspecified atom stereocenters. The molecule has 2 aromatic carbocycles. The minimum atomic E-state index is -4.61. The van der Waals surface area contributed by atoms with Crippen LogP contribution in [-0.4, -0.2) is 18.7 Å². The first-order valence-electron chi connectivity index (χ1n) is 9.25. The predicted molar refractivity (Wildman–Crippen MR) is 96.4 cm³/mol. The topological polar surface area (TPSA) is 38.3 Å². The maximum atomic E-state index is 14.7. The van der Waals surface area contributed by atoms with Gasteiger partial charge in [0.05, 0.1) is 5.54 Å². The van der Waals surface area contributed by atoms with Crippen molar-refractivity contribution in [2.75, 3.05) is 6.61 Å². The molecule has 9 heteroatoms. The monoisotopic (exact) mass is 431 g/mol. The summed E-state index contributed by atoms with van der Waals surface area (Å²) < 4.78 is 83.3. The number of carbonyl (C=O) groups is 1. The van der Waals surface area contributed by atoms with Crippen molar-refractivity contribution in [3.05, 3.63) is 65.0 Å². The van der Waals surface area contributed by atoms with Gasteiger partial charge in [-0.05, 0) is 36.5 Å². The third-order valence-corrected chi connectivity index (χ3v) is 4.98. The van der Waals surface area contributed by atoms with Gasteiger partial charge in [-0.2, -0.15) is 13.2 Å². The molecule has 2 aromatic rings. The minimum Gasteiger partial charge on any atom is -0.481 e. The Labute approximate surface area is 169 Å². The number of ether oxygens (including phenoxy) is 1. The van der Waals surface area contributed by atoms with Gasteiger partial charge in [0.15, 0.2) is 18.2 Å². The lowest BCUT2D eigenvalue weighted by molar-refractivity contribution is -0.153. The van der Waals surface area contributed by atoms with Gasteiger partial charge in [0, 0.05) is 18.1 Å². The molecule has 1 aliphatic carbocycles. The molecule has 1 amide bonds. The van der Waals surface area contributed by atoms with Crippen LogP contribution in [0.25, 0.3) is 0 Å². The molecular weight excluding hydrogens is 412 g/mol. The first-order valence-corrected chi connectivity index (χ1v) is 9.25. The van der Waals surface area contributed by atoms with Crippen LogP contribution in [0, 0.1) is 17.5 Å². The zero-order valence-corrected chi connectivity index (χ0v) is 16.0. The van der Waals surface area contributed by atoms with Gasteiger partial charge >= 0.3 is 6.18 Å². The van der Waals surface area contributed by atoms with Crippen molar-refractivity contribution in [2.45, 2.75) is 43.8 Å². The molecule has 30 heavy (non-hydrogen) atoms. The first-order chi connectivity index (χ1) is 14.0. The number of amides is 1. The Hall–Kier alpha value is -2.71. The van der Waals surface area contributed by atoms with Crippen LogP contribution in [0.5, 0.6) is 5.75 Å². The fraction of sp³-hybridized carbons (Fsp3) is 0.381. The summed E-state index contributed by atoms with van der Waals surface area (Å²) in [6.07, 6.45) is -3.94. The van der Waals surface area contributed by atoms with E-state index < -0.39 is 53.3 Å². The number of rotatable bonds is 7. The Morgan fingerprint density at radius 3 is 2.47 bits per heavy atom. The third-order valence-electron chi connectivity index (χ3n) is 4.98. The van der Waals surface area contributed by atoms with Crippen LogP contribution in [0.15, 0.2) is 36.4 Å². The second-order valence-corrected chi connectivity index (χ2v) is 7.42. The van der Waals surface area contributed by atoms with Crippen molar-refractivity contribution in [1.82, 2.24) is 5.32 Å². The van der Waals surface area contributed by atoms with E-state index in [1.165, 1.54) is 18.2 Å². The number of benzene rings is 2. The lowest BCUT2D eigenvalue weighted by Gasteiger charge is -2.21. The van der Waals surface area contributed by atoms with E-state index >= 15 is 0 Å². The van der Waals surface area contributed by atoms with Crippen molar-refractivity contribution in [2.24, 2.45) is 0 Å². The zero-order valence-electron chi connectivity index (χ0n) is 16.0. The number of nitrogens with one attached hydrogen (secondary N) is 1. The van der Waals surface area contributed by atoms with Crippen molar-refractivity contribution in [3.63, 3.8) is 0 Å². The highest BCUT2D eigenvalue weighted by atomic mass is 19.4. The molecule has 3 rings (SSSR count). The number of alkyl halides is 3. The highest BCUT2D eigenvalue weighted by molar-refractivity contribution is 5.78. The predicted octanol–water partition coefficient (Wildman–Crippen LogP) is 5.34. The normalized spacial score (nSPS) is 16.1. The summed E-state index contributed by atoms with van der Waals surface area (Å²) in [4.78, 5) is 12.5. The SMILES string of the molecule is C[C@@H](CC(=O)NC1(c2cccc(OCC(F)(F)F)c2F)CC1)c1ccc(F)cc1F. The molecule has 0 radical (unpaired) electrons. The fourth-order valence-electron chi connectivity index (χ4n) is 3.35. The van der Waals surface area contributed by atoms with Crippen LogP contribution >= 0.6 is 0 Å². The summed E-state index contributed by atoms with van der Waals surface area (Å²) in [6.45, 7) is -0.0326. The summed E-state index contributed by atoms with van der Waals surface area (Å²) in [5, 5.41) is 2.70. The summed E-state index contributed by atoms with van der Waals surface area (Å²) in [5.74, 6) is -4.05. The molecule has 3 nitrogen and oxygen atoms in total. The van der Waals surface area contributed by atoms with Crippen LogP contribution in [0.1, 0.15) is 43.2 Å². The Bertz CT molecular complexity index is 940. The van der Waals surface area contributed by atoms with Gasteiger partial charge in [-0.15, -0.1) is 0 Å². The largest absolute Gasteiger partial charge is 0.481 e. The van der Waals surface area contributed by atoms with E-state index in [-0.39, 0.29) is 17.5 Å². The molecule has 0 aliphatic heterocycles. The molecular formula is C21H19F6NO2. The molecule has 0 heterocycles. The van der Waals surface area contributed by atoms with Crippen molar-refractivity contribution in [1.29, 1.82) is 0 Å². The summed E-state index contributed by atoms with van der Waals surface area (Å²) >= 11 is 0. The molecule has 0 saturated heterocycles. The molecule has 1 saturated carbocycles. The number of hydrogen-bond donors (Lipinski definition) is 1. The molecule has 0 aromatic heterocycles. The van der Waals surface area contributed by atoms with Gasteiger partial charge in [0.25, 0.3) is 0 Å². The van der Waals surface area contributed by atoms with Gasteiger partial charge in [0.2, 0.25) is 5.91 Å². The van der Waals surface area contributed by atoms with Gasteiger partial charge < -0.3 is 10.1 Å². The quantitative estimate of drug-likeness (QED) is 0.601. The van der Waals surface area contributed by atoms with Crippen molar-refractivity contribution >= 4 is 5.91 Å². The molecule has 1 aliphatic rings. The minimum absolute atomic E-state index is 0.0381. The highest BCUT2D eigenvalue weighted by Crippen LogP contribution is 2.48. The van der Waals surface area contributed by atoms with Crippen LogP contribution < -0.4 is 10.1 Å². The van der Waals surface area contributed by atoms with E-state index in [2.05, 4.69) is 10.1 Å². The van der Waals surface area contributed by atoms with Gasteiger partial charge in [0.1, 0.15) is 11.6 Å². The van der Waals surface area contributed by atoms with Crippen LogP contribution in [0.3, 0.4) is 0 Å². The average molecular weight is 431 g/mol. The Morgan fingerprint density at radius 1 is 1.17 bits per heavy atom. The standard InChI is InChI=1S/C21H19F6NO2/c1-12(14-6-5-13(22)10-16(14)23)9-18(29)28-20(7-8-20)15-3-2-4-17(19(15)24)30-11-21(25,26)27/h2-6,10,12H,7-9,11H2,1H3,(H,28,29)/t12-/m0/s1. The average Bonchev–Trinajstić information content (AvgIpc) is 3.40. The second-order valence-electron chi connectivity index (χ2n) is 7.42. The van der Waals surface area contributed by atoms with E-state index in [1.807, 2.05) is 0 Å². The first kappa shape index (κ1) is 22.0. The van der Waals surface area contributed by atoms with Gasteiger partial charge in [-0.1, -0.05) is 25.1 Å². The van der Waals surface area contributed by atoms with E-state index in [9.17, 15) is 31.1 Å². The summed E-state index contributed by atoms with van der Waals surface area (Å²) in [6, 6.07) is 6.91. The fourth-order valence-corrected chi connectivity index (χ4v) is 3.35. The van der Waals surface area contributed by atoms with Crippen molar-refractivity contribution < 1.29 is 35.9 Å². The smallest absolute Gasteiger partial charge is 0.422 e. The maximum absolute atomic E-state index is 14.7. The lowest BCUT2D eigenvalue weighted by Crippen LogP contribution is -2.36. The lowest BCUT2D eigenvalue weighted by atomic mass is 9.96. The van der Waals surface area contributed by atoms with Gasteiger partial charge in [-0.25, -0.2) is 13.2 Å². The van der Waals surface area contributed by atoms with Gasteiger partial charge in [-0.3, -0.25) is 4.79 Å². The second kappa shape index (κ2) is 8.20. The Kier molecular flexibility index (Phi) is 6.01. The Morgan fingerprint density at radius 2 is 1.87 bits per heavy atom. The van der Waals surface area contributed by atoms with Crippen LogP contribution in [0.4, 0.5) is 26.3 Å². The van der Waals surface area contributed by atoms with Crippen LogP contribution in [-0.2, 0) is 10.3 Å². The molecule has 162 valence electrons. The number of halogens is 6. The highest BCUT2D eigenvalue weighted by Gasteiger charge is 2.48. The molecule has 1 atom stereocenters.